The maximum absolute atomic E-state index is 5.30. The largest absolute Gasteiger partial charge is 0.356 e. The van der Waals surface area contributed by atoms with Crippen molar-refractivity contribution in [1.82, 2.24) is 10.1 Å². The Morgan fingerprint density at radius 2 is 1.95 bits per heavy atom. The van der Waals surface area contributed by atoms with Crippen molar-refractivity contribution < 1.29 is 4.52 Å². The highest BCUT2D eigenvalue weighted by Crippen LogP contribution is 2.36. The van der Waals surface area contributed by atoms with Crippen molar-refractivity contribution in [2.75, 3.05) is 13.6 Å². The predicted molar refractivity (Wildman–Crippen MR) is 78.6 cm³/mol. The summed E-state index contributed by atoms with van der Waals surface area (Å²) in [6, 6.07) is 15.0. The molecule has 3 aromatic rings. The van der Waals surface area contributed by atoms with Crippen molar-refractivity contribution in [1.29, 1.82) is 0 Å². The van der Waals surface area contributed by atoms with E-state index in [4.69, 9.17) is 4.52 Å². The number of hydrogen-bond donors (Lipinski definition) is 0. The van der Waals surface area contributed by atoms with Gasteiger partial charge in [0.15, 0.2) is 5.58 Å². The van der Waals surface area contributed by atoms with Gasteiger partial charge in [-0.15, -0.1) is 0 Å². The molecular weight excluding hydrogens is 248 g/mol. The van der Waals surface area contributed by atoms with Crippen LogP contribution >= 0.6 is 0 Å². The first-order valence-electron chi connectivity index (χ1n) is 6.92. The highest BCUT2D eigenvalue weighted by Gasteiger charge is 2.26. The summed E-state index contributed by atoms with van der Waals surface area (Å²) >= 11 is 0. The molecule has 3 heteroatoms. The molecule has 2 heterocycles. The number of fused-ring (bicyclic) bond motifs is 2. The zero-order valence-electron chi connectivity index (χ0n) is 11.4. The first-order valence-corrected chi connectivity index (χ1v) is 6.92. The van der Waals surface area contributed by atoms with Crippen LogP contribution < -0.4 is 0 Å². The van der Waals surface area contributed by atoms with E-state index < -0.39 is 0 Å². The predicted octanol–water partition coefficient (Wildman–Crippen LogP) is 3.41. The molecule has 0 amide bonds. The molecular formula is C17H16N2O. The molecule has 1 aromatic heterocycles. The SMILES string of the molecule is CN1Cc2ccccc2C(c2cccc3oncc23)C1. The second-order valence-electron chi connectivity index (χ2n) is 5.53. The molecule has 0 radical (unpaired) electrons. The monoisotopic (exact) mass is 264 g/mol. The lowest BCUT2D eigenvalue weighted by Gasteiger charge is -2.32. The standard InChI is InChI=1S/C17H16N2O/c1-19-10-12-5-2-3-6-13(12)16(11-19)14-7-4-8-17-15(14)9-18-20-17/h2-9,16H,10-11H2,1H3. The van der Waals surface area contributed by atoms with Gasteiger partial charge in [-0.05, 0) is 29.8 Å². The number of nitrogens with zero attached hydrogens (tertiary/aromatic N) is 2. The maximum Gasteiger partial charge on any atom is 0.167 e. The van der Waals surface area contributed by atoms with Gasteiger partial charge in [-0.25, -0.2) is 0 Å². The summed E-state index contributed by atoms with van der Waals surface area (Å²) in [7, 11) is 2.18. The Balaban J connectivity index is 1.92. The third-order valence-corrected chi connectivity index (χ3v) is 4.17. The average molecular weight is 264 g/mol. The van der Waals surface area contributed by atoms with Crippen LogP contribution in [0.15, 0.2) is 53.2 Å². The topological polar surface area (TPSA) is 29.3 Å². The first-order chi connectivity index (χ1) is 9.83. The lowest BCUT2D eigenvalue weighted by Crippen LogP contribution is -2.30. The van der Waals surface area contributed by atoms with Crippen molar-refractivity contribution in [3.05, 3.63) is 65.4 Å². The molecule has 1 atom stereocenters. The van der Waals surface area contributed by atoms with Crippen LogP contribution in [-0.4, -0.2) is 23.6 Å². The van der Waals surface area contributed by atoms with E-state index in [9.17, 15) is 0 Å². The molecule has 0 aliphatic carbocycles. The molecule has 0 saturated carbocycles. The van der Waals surface area contributed by atoms with Gasteiger partial charge >= 0.3 is 0 Å². The second-order valence-corrected chi connectivity index (χ2v) is 5.53. The van der Waals surface area contributed by atoms with E-state index in [-0.39, 0.29) is 0 Å². The van der Waals surface area contributed by atoms with Crippen molar-refractivity contribution in [2.24, 2.45) is 0 Å². The molecule has 1 aliphatic rings. The highest BCUT2D eigenvalue weighted by atomic mass is 16.5. The van der Waals surface area contributed by atoms with E-state index >= 15 is 0 Å². The van der Waals surface area contributed by atoms with Crippen LogP contribution in [0.5, 0.6) is 0 Å². The third kappa shape index (κ3) is 1.74. The molecule has 2 aromatic carbocycles. The minimum absolute atomic E-state index is 0.382. The van der Waals surface area contributed by atoms with E-state index in [1.54, 1.807) is 0 Å². The van der Waals surface area contributed by atoms with Gasteiger partial charge in [0, 0.05) is 24.4 Å². The molecule has 0 saturated heterocycles. The van der Waals surface area contributed by atoms with Gasteiger partial charge in [-0.3, -0.25) is 0 Å². The zero-order chi connectivity index (χ0) is 13.5. The Morgan fingerprint density at radius 1 is 1.10 bits per heavy atom. The van der Waals surface area contributed by atoms with Crippen molar-refractivity contribution in [2.45, 2.75) is 12.5 Å². The van der Waals surface area contributed by atoms with Crippen molar-refractivity contribution >= 4 is 11.0 Å². The quantitative estimate of drug-likeness (QED) is 0.674. The lowest BCUT2D eigenvalue weighted by molar-refractivity contribution is 0.295. The van der Waals surface area contributed by atoms with E-state index in [1.807, 2.05) is 12.3 Å². The van der Waals surface area contributed by atoms with Gasteiger partial charge in [-0.2, -0.15) is 0 Å². The fourth-order valence-electron chi connectivity index (χ4n) is 3.27. The van der Waals surface area contributed by atoms with Gasteiger partial charge in [0.05, 0.1) is 6.20 Å². The summed E-state index contributed by atoms with van der Waals surface area (Å²) in [6.07, 6.45) is 1.84. The van der Waals surface area contributed by atoms with Crippen LogP contribution in [0.1, 0.15) is 22.6 Å². The highest BCUT2D eigenvalue weighted by molar-refractivity contribution is 5.81. The van der Waals surface area contributed by atoms with Gasteiger partial charge < -0.3 is 9.42 Å². The fraction of sp³-hybridized carbons (Fsp3) is 0.235. The van der Waals surface area contributed by atoms with Gasteiger partial charge in [0.1, 0.15) is 0 Å². The molecule has 0 fully saturated rings. The average Bonchev–Trinajstić information content (AvgIpc) is 2.94. The number of rotatable bonds is 1. The van der Waals surface area contributed by atoms with Gasteiger partial charge in [0.2, 0.25) is 0 Å². The second kappa shape index (κ2) is 4.46. The third-order valence-electron chi connectivity index (χ3n) is 4.17. The minimum Gasteiger partial charge on any atom is -0.356 e. The minimum atomic E-state index is 0.382. The number of hydrogen-bond acceptors (Lipinski definition) is 3. The van der Waals surface area contributed by atoms with Crippen molar-refractivity contribution in [3.63, 3.8) is 0 Å². The molecule has 3 nitrogen and oxygen atoms in total. The number of likely N-dealkylation sites (N-methyl/N-ethyl adjacent to an activating group) is 1. The maximum atomic E-state index is 5.30. The smallest absolute Gasteiger partial charge is 0.167 e. The van der Waals surface area contributed by atoms with Crippen molar-refractivity contribution in [3.8, 4) is 0 Å². The summed E-state index contributed by atoms with van der Waals surface area (Å²) < 4.78 is 5.30. The Bertz CT molecular complexity index is 762. The van der Waals surface area contributed by atoms with Crippen LogP contribution in [0.4, 0.5) is 0 Å². The van der Waals surface area contributed by atoms with E-state index in [0.29, 0.717) is 5.92 Å². The summed E-state index contributed by atoms with van der Waals surface area (Å²) in [5.41, 5.74) is 5.02. The molecule has 20 heavy (non-hydrogen) atoms. The Morgan fingerprint density at radius 3 is 2.90 bits per heavy atom. The molecule has 1 aliphatic heterocycles. The molecule has 1 unspecified atom stereocenters. The van der Waals surface area contributed by atoms with Crippen LogP contribution in [0.3, 0.4) is 0 Å². The molecule has 0 spiro atoms. The Labute approximate surface area is 117 Å². The molecule has 4 rings (SSSR count). The van der Waals surface area contributed by atoms with E-state index in [0.717, 1.165) is 24.1 Å². The normalized spacial score (nSPS) is 19.1. The lowest BCUT2D eigenvalue weighted by atomic mass is 9.84. The van der Waals surface area contributed by atoms with Gasteiger partial charge in [-0.1, -0.05) is 41.6 Å². The zero-order valence-corrected chi connectivity index (χ0v) is 11.4. The molecule has 100 valence electrons. The number of aromatic nitrogens is 1. The summed E-state index contributed by atoms with van der Waals surface area (Å²) in [5, 5.41) is 5.07. The fourth-order valence-corrected chi connectivity index (χ4v) is 3.27. The van der Waals surface area contributed by atoms with E-state index in [2.05, 4.69) is 53.5 Å². The summed E-state index contributed by atoms with van der Waals surface area (Å²) in [5.74, 6) is 0.382. The summed E-state index contributed by atoms with van der Waals surface area (Å²) in [6.45, 7) is 2.05. The summed E-state index contributed by atoms with van der Waals surface area (Å²) in [4.78, 5) is 2.37. The number of benzene rings is 2. The van der Waals surface area contributed by atoms with Crippen LogP contribution in [0.2, 0.25) is 0 Å². The molecule has 0 bridgehead atoms. The van der Waals surface area contributed by atoms with Crippen LogP contribution in [0, 0.1) is 0 Å². The first kappa shape index (κ1) is 11.7. The Kier molecular flexibility index (Phi) is 2.60. The Hall–Kier alpha value is -2.13. The van der Waals surface area contributed by atoms with Crippen LogP contribution in [0.25, 0.3) is 11.0 Å². The van der Waals surface area contributed by atoms with Crippen LogP contribution in [-0.2, 0) is 6.54 Å². The molecule has 0 N–H and O–H groups in total. The van der Waals surface area contributed by atoms with Gasteiger partial charge in [0.25, 0.3) is 0 Å². The van der Waals surface area contributed by atoms with E-state index in [1.165, 1.54) is 16.7 Å².